The van der Waals surface area contributed by atoms with Crippen LogP contribution in [0.5, 0.6) is 0 Å². The van der Waals surface area contributed by atoms with E-state index in [1.165, 1.54) is 24.7 Å². The molecule has 39 heavy (non-hydrogen) atoms. The van der Waals surface area contributed by atoms with Gasteiger partial charge in [0.2, 0.25) is 5.95 Å². The number of carbonyl (C=O) groups excluding carboxylic acids is 1. The standard InChI is InChI=1S/C25H29F4N7O3/c1-14(25(27,28)29)36-12-17(23(38)32-15-4-8-39-9-5-15)16-11-31-22(10-19(16)36)33-21-2-6-30-24(34-21)35-7-3-20(37)18(26)13-35/h2,6,10-12,14-15,18,20,37H,3-5,7-9,13H2,1H3,(H,32,38)(H,30,31,33,34)/t14-,18+,20-/m1/s1. The fourth-order valence-electron chi connectivity index (χ4n) is 4.75. The predicted molar refractivity (Wildman–Crippen MR) is 135 cm³/mol. The van der Waals surface area contributed by atoms with Crippen LogP contribution in [0.1, 0.15) is 42.6 Å². The highest BCUT2D eigenvalue weighted by Crippen LogP contribution is 2.35. The molecule has 3 aromatic heterocycles. The Bertz CT molecular complexity index is 1330. The van der Waals surface area contributed by atoms with Crippen LogP contribution < -0.4 is 15.5 Å². The number of nitrogens with one attached hydrogen (secondary N) is 2. The summed E-state index contributed by atoms with van der Waals surface area (Å²) in [6.45, 7) is 2.35. The van der Waals surface area contributed by atoms with Gasteiger partial charge in [-0.3, -0.25) is 4.79 Å². The molecule has 3 N–H and O–H groups in total. The van der Waals surface area contributed by atoms with Crippen molar-refractivity contribution in [2.24, 2.45) is 0 Å². The van der Waals surface area contributed by atoms with Crippen LogP contribution in [0.25, 0.3) is 10.9 Å². The van der Waals surface area contributed by atoms with Crippen LogP contribution in [-0.2, 0) is 4.74 Å². The van der Waals surface area contributed by atoms with Gasteiger partial charge in [0.05, 0.1) is 23.7 Å². The topological polar surface area (TPSA) is 117 Å². The molecule has 2 fully saturated rings. The first-order chi connectivity index (χ1) is 18.6. The van der Waals surface area contributed by atoms with Crippen molar-refractivity contribution in [3.05, 3.63) is 36.3 Å². The van der Waals surface area contributed by atoms with E-state index in [-0.39, 0.29) is 47.2 Å². The fraction of sp³-hybridized carbons (Fsp3) is 0.520. The number of piperidine rings is 1. The largest absolute Gasteiger partial charge is 0.408 e. The van der Waals surface area contributed by atoms with Crippen LogP contribution in [0.4, 0.5) is 35.1 Å². The molecule has 0 aromatic carbocycles. The lowest BCUT2D eigenvalue weighted by atomic mass is 10.1. The maximum Gasteiger partial charge on any atom is 0.408 e. The molecule has 3 aromatic rings. The summed E-state index contributed by atoms with van der Waals surface area (Å²) in [7, 11) is 0. The molecular weight excluding hydrogens is 522 g/mol. The molecule has 2 aliphatic rings. The summed E-state index contributed by atoms with van der Waals surface area (Å²) in [5.41, 5.74) is 0.276. The third-order valence-electron chi connectivity index (χ3n) is 7.10. The second kappa shape index (κ2) is 10.9. The Hall–Kier alpha value is -3.52. The van der Waals surface area contributed by atoms with Crippen molar-refractivity contribution in [1.82, 2.24) is 24.8 Å². The average molecular weight is 552 g/mol. The zero-order valence-corrected chi connectivity index (χ0v) is 21.2. The number of ether oxygens (including phenoxy) is 1. The Labute approximate surface area is 221 Å². The molecule has 210 valence electrons. The van der Waals surface area contributed by atoms with Gasteiger partial charge in [0, 0.05) is 55.8 Å². The first-order valence-corrected chi connectivity index (χ1v) is 12.7. The smallest absolute Gasteiger partial charge is 0.390 e. The number of hydrogen-bond donors (Lipinski definition) is 3. The molecule has 0 unspecified atom stereocenters. The lowest BCUT2D eigenvalue weighted by Crippen LogP contribution is -2.45. The molecule has 0 spiro atoms. The highest BCUT2D eigenvalue weighted by molar-refractivity contribution is 6.07. The number of pyridine rings is 1. The van der Waals surface area contributed by atoms with E-state index in [9.17, 15) is 27.5 Å². The number of nitrogens with zero attached hydrogens (tertiary/aromatic N) is 5. The highest BCUT2D eigenvalue weighted by Gasteiger charge is 2.38. The summed E-state index contributed by atoms with van der Waals surface area (Å²) in [4.78, 5) is 27.5. The molecule has 0 aliphatic carbocycles. The molecule has 2 saturated heterocycles. The third kappa shape index (κ3) is 5.91. The maximum atomic E-state index is 14.0. The number of halogens is 4. The molecule has 2 aliphatic heterocycles. The molecule has 1 amide bonds. The second-order valence-electron chi connectivity index (χ2n) is 9.80. The summed E-state index contributed by atoms with van der Waals surface area (Å²) in [5, 5.41) is 15.8. The summed E-state index contributed by atoms with van der Waals surface area (Å²) < 4.78 is 61.5. The zero-order chi connectivity index (χ0) is 27.7. The van der Waals surface area contributed by atoms with Crippen molar-refractivity contribution in [2.45, 2.75) is 56.7 Å². The molecule has 5 rings (SSSR count). The van der Waals surface area contributed by atoms with Crippen LogP contribution in [0, 0.1) is 0 Å². The number of aromatic nitrogens is 4. The third-order valence-corrected chi connectivity index (χ3v) is 7.10. The van der Waals surface area contributed by atoms with Gasteiger partial charge in [-0.05, 0) is 32.3 Å². The minimum Gasteiger partial charge on any atom is -0.390 e. The van der Waals surface area contributed by atoms with E-state index in [1.807, 2.05) is 0 Å². The van der Waals surface area contributed by atoms with Crippen molar-refractivity contribution in [3.8, 4) is 0 Å². The zero-order valence-electron chi connectivity index (χ0n) is 21.2. The van der Waals surface area contributed by atoms with Crippen LogP contribution in [0.2, 0.25) is 0 Å². The molecule has 14 heteroatoms. The van der Waals surface area contributed by atoms with Crippen LogP contribution >= 0.6 is 0 Å². The van der Waals surface area contributed by atoms with Crippen LogP contribution in [0.3, 0.4) is 0 Å². The lowest BCUT2D eigenvalue weighted by Gasteiger charge is -2.32. The van der Waals surface area contributed by atoms with Crippen molar-refractivity contribution in [3.63, 3.8) is 0 Å². The molecule has 5 heterocycles. The number of fused-ring (bicyclic) bond motifs is 1. The molecule has 10 nitrogen and oxygen atoms in total. The number of carbonyl (C=O) groups is 1. The Morgan fingerprint density at radius 1 is 1.21 bits per heavy atom. The van der Waals surface area contributed by atoms with Gasteiger partial charge in [0.15, 0.2) is 0 Å². The van der Waals surface area contributed by atoms with E-state index in [2.05, 4.69) is 25.6 Å². The summed E-state index contributed by atoms with van der Waals surface area (Å²) >= 11 is 0. The Morgan fingerprint density at radius 2 is 1.97 bits per heavy atom. The monoisotopic (exact) mass is 551 g/mol. The van der Waals surface area contributed by atoms with Crippen LogP contribution in [-0.4, -0.2) is 81.3 Å². The van der Waals surface area contributed by atoms with E-state index in [0.29, 0.717) is 38.4 Å². The summed E-state index contributed by atoms with van der Waals surface area (Å²) in [5.74, 6) is 0.278. The molecule has 3 atom stereocenters. The van der Waals surface area contributed by atoms with Gasteiger partial charge in [-0.1, -0.05) is 0 Å². The first-order valence-electron chi connectivity index (χ1n) is 12.7. The van der Waals surface area contributed by atoms with E-state index < -0.39 is 30.4 Å². The molecule has 0 radical (unpaired) electrons. The highest BCUT2D eigenvalue weighted by atomic mass is 19.4. The normalized spacial score (nSPS) is 21.6. The molecular formula is C25H29F4N7O3. The Morgan fingerprint density at radius 3 is 2.69 bits per heavy atom. The van der Waals surface area contributed by atoms with Gasteiger partial charge in [-0.25, -0.2) is 14.4 Å². The SMILES string of the molecule is C[C@@H](n1cc(C(=O)NC2CCOCC2)c2cnc(Nc3ccnc(N4CC[C@@H](O)[C@@H](F)C4)n3)cc21)C(F)(F)F. The number of amides is 1. The second-order valence-corrected chi connectivity index (χ2v) is 9.80. The van der Waals surface area contributed by atoms with Crippen molar-refractivity contribution in [2.75, 3.05) is 36.5 Å². The van der Waals surface area contributed by atoms with Gasteiger partial charge in [0.25, 0.3) is 5.91 Å². The predicted octanol–water partition coefficient (Wildman–Crippen LogP) is 3.51. The number of aliphatic hydroxyl groups excluding tert-OH is 1. The van der Waals surface area contributed by atoms with Crippen molar-refractivity contribution >= 4 is 34.4 Å². The number of hydrogen-bond acceptors (Lipinski definition) is 8. The number of alkyl halides is 4. The fourth-order valence-corrected chi connectivity index (χ4v) is 4.75. The summed E-state index contributed by atoms with van der Waals surface area (Å²) in [6.07, 6.45) is -1.48. The summed E-state index contributed by atoms with van der Waals surface area (Å²) in [6, 6.07) is 0.958. The Balaban J connectivity index is 1.43. The number of rotatable bonds is 6. The maximum absolute atomic E-state index is 14.0. The first kappa shape index (κ1) is 27.1. The van der Waals surface area contributed by atoms with Gasteiger partial charge in [-0.15, -0.1) is 0 Å². The van der Waals surface area contributed by atoms with E-state index in [4.69, 9.17) is 4.74 Å². The minimum absolute atomic E-state index is 0.0591. The number of anilines is 3. The van der Waals surface area contributed by atoms with Crippen LogP contribution in [0.15, 0.2) is 30.7 Å². The average Bonchev–Trinajstić information content (AvgIpc) is 3.29. The van der Waals surface area contributed by atoms with E-state index in [1.54, 1.807) is 11.0 Å². The van der Waals surface area contributed by atoms with E-state index >= 15 is 0 Å². The quantitative estimate of drug-likeness (QED) is 0.399. The van der Waals surface area contributed by atoms with Crippen molar-refractivity contribution in [1.29, 1.82) is 0 Å². The van der Waals surface area contributed by atoms with E-state index in [0.717, 1.165) is 11.5 Å². The van der Waals surface area contributed by atoms with Gasteiger partial charge < -0.3 is 29.9 Å². The minimum atomic E-state index is -4.55. The van der Waals surface area contributed by atoms with Crippen molar-refractivity contribution < 1.29 is 32.2 Å². The molecule has 0 saturated carbocycles. The number of aliphatic hydroxyl groups is 1. The van der Waals surface area contributed by atoms with Gasteiger partial charge >= 0.3 is 6.18 Å². The molecule has 0 bridgehead atoms. The Kier molecular flexibility index (Phi) is 7.58. The van der Waals surface area contributed by atoms with Gasteiger partial charge in [0.1, 0.15) is 23.8 Å². The lowest BCUT2D eigenvalue weighted by molar-refractivity contribution is -0.162. The van der Waals surface area contributed by atoms with Gasteiger partial charge in [-0.2, -0.15) is 18.2 Å².